The zero-order valence-electron chi connectivity index (χ0n) is 17.7. The van der Waals surface area contributed by atoms with Gasteiger partial charge in [-0.15, -0.1) is 11.3 Å². The van der Waals surface area contributed by atoms with Crippen molar-refractivity contribution in [1.82, 2.24) is 15.2 Å². The maximum atomic E-state index is 13.6. The highest BCUT2D eigenvalue weighted by Gasteiger charge is 2.34. The Bertz CT molecular complexity index is 1040. The second-order valence-electron chi connectivity index (χ2n) is 8.05. The van der Waals surface area contributed by atoms with Crippen LogP contribution in [0.2, 0.25) is 5.02 Å². The summed E-state index contributed by atoms with van der Waals surface area (Å²) in [5.74, 6) is -0.309. The number of pyridine rings is 1. The van der Waals surface area contributed by atoms with Crippen LogP contribution in [0.1, 0.15) is 47.7 Å². The smallest absolute Gasteiger partial charge is 0.247 e. The summed E-state index contributed by atoms with van der Waals surface area (Å²) >= 11 is 8.08. The Labute approximate surface area is 197 Å². The molecule has 1 aliphatic carbocycles. The van der Waals surface area contributed by atoms with Gasteiger partial charge in [-0.05, 0) is 42.0 Å². The van der Waals surface area contributed by atoms with Gasteiger partial charge in [0, 0.05) is 40.4 Å². The Morgan fingerprint density at radius 1 is 1.12 bits per heavy atom. The first-order valence-corrected chi connectivity index (χ1v) is 12.1. The van der Waals surface area contributed by atoms with Gasteiger partial charge in [-0.1, -0.05) is 54.8 Å². The van der Waals surface area contributed by atoms with Gasteiger partial charge < -0.3 is 10.2 Å². The van der Waals surface area contributed by atoms with E-state index in [0.717, 1.165) is 36.1 Å². The van der Waals surface area contributed by atoms with E-state index in [1.165, 1.54) is 11.3 Å². The number of benzene rings is 1. The Morgan fingerprint density at radius 2 is 1.94 bits per heavy atom. The van der Waals surface area contributed by atoms with Crippen LogP contribution in [0.15, 0.2) is 66.3 Å². The highest BCUT2D eigenvalue weighted by atomic mass is 35.5. The van der Waals surface area contributed by atoms with Crippen molar-refractivity contribution in [1.29, 1.82) is 0 Å². The van der Waals surface area contributed by atoms with E-state index in [9.17, 15) is 9.59 Å². The van der Waals surface area contributed by atoms with Crippen LogP contribution in [0.4, 0.5) is 0 Å². The summed E-state index contributed by atoms with van der Waals surface area (Å²) in [7, 11) is 0. The van der Waals surface area contributed by atoms with Crippen molar-refractivity contribution in [3.05, 3.63) is 87.3 Å². The molecule has 2 aromatic heterocycles. The van der Waals surface area contributed by atoms with E-state index in [-0.39, 0.29) is 30.8 Å². The van der Waals surface area contributed by atoms with Gasteiger partial charge in [0.25, 0.3) is 0 Å². The summed E-state index contributed by atoms with van der Waals surface area (Å²) in [6, 6.07) is 14.2. The molecule has 0 saturated heterocycles. The molecule has 0 bridgehead atoms. The van der Waals surface area contributed by atoms with E-state index in [1.807, 2.05) is 47.8 Å². The van der Waals surface area contributed by atoms with Crippen molar-refractivity contribution < 1.29 is 9.59 Å². The van der Waals surface area contributed by atoms with Crippen LogP contribution in [0.25, 0.3) is 0 Å². The van der Waals surface area contributed by atoms with Gasteiger partial charge in [0.05, 0.1) is 6.42 Å². The van der Waals surface area contributed by atoms with Gasteiger partial charge in [-0.25, -0.2) is 0 Å². The van der Waals surface area contributed by atoms with E-state index in [2.05, 4.69) is 10.3 Å². The van der Waals surface area contributed by atoms with Crippen molar-refractivity contribution >= 4 is 34.8 Å². The minimum Gasteiger partial charge on any atom is -0.351 e. The van der Waals surface area contributed by atoms with Crippen molar-refractivity contribution in [3.63, 3.8) is 0 Å². The summed E-state index contributed by atoms with van der Waals surface area (Å²) < 4.78 is 0. The molecule has 5 nitrogen and oxygen atoms in total. The molecule has 1 aliphatic rings. The average Bonchev–Trinajstić information content (AvgIpc) is 3.50. The van der Waals surface area contributed by atoms with Gasteiger partial charge in [0.15, 0.2) is 0 Å². The Balaban J connectivity index is 1.70. The van der Waals surface area contributed by atoms with Crippen LogP contribution in [0.5, 0.6) is 0 Å². The first kappa shape index (κ1) is 22.5. The van der Waals surface area contributed by atoms with E-state index < -0.39 is 6.04 Å². The SMILES string of the molecule is O=C(NC1CCCC1)[C@H](c1ccccc1Cl)N(Cc1cccnc1)C(=O)Cc1cccs1. The summed E-state index contributed by atoms with van der Waals surface area (Å²) in [5, 5.41) is 5.60. The molecule has 1 saturated carbocycles. The molecule has 4 rings (SSSR count). The second-order valence-corrected chi connectivity index (χ2v) is 9.49. The van der Waals surface area contributed by atoms with Crippen LogP contribution in [-0.2, 0) is 22.6 Å². The topological polar surface area (TPSA) is 62.3 Å². The molecule has 2 heterocycles. The predicted molar refractivity (Wildman–Crippen MR) is 127 cm³/mol. The van der Waals surface area contributed by atoms with Crippen LogP contribution >= 0.6 is 22.9 Å². The molecule has 166 valence electrons. The molecule has 7 heteroatoms. The lowest BCUT2D eigenvalue weighted by Crippen LogP contribution is -2.46. The lowest BCUT2D eigenvalue weighted by Gasteiger charge is -2.33. The zero-order valence-corrected chi connectivity index (χ0v) is 19.3. The quantitative estimate of drug-likeness (QED) is 0.497. The molecule has 1 fully saturated rings. The molecule has 2 amide bonds. The van der Waals surface area contributed by atoms with Gasteiger partial charge in [0.2, 0.25) is 11.8 Å². The Hall–Kier alpha value is -2.70. The molecule has 0 radical (unpaired) electrons. The molecule has 32 heavy (non-hydrogen) atoms. The van der Waals surface area contributed by atoms with Gasteiger partial charge in [-0.2, -0.15) is 0 Å². The number of carbonyl (C=O) groups is 2. The van der Waals surface area contributed by atoms with Crippen LogP contribution in [0, 0.1) is 0 Å². The van der Waals surface area contributed by atoms with E-state index in [0.29, 0.717) is 10.6 Å². The van der Waals surface area contributed by atoms with Crippen molar-refractivity contribution in [2.24, 2.45) is 0 Å². The molecule has 0 spiro atoms. The van der Waals surface area contributed by atoms with E-state index in [4.69, 9.17) is 11.6 Å². The Morgan fingerprint density at radius 3 is 2.62 bits per heavy atom. The normalized spacial score (nSPS) is 14.8. The number of amides is 2. The fourth-order valence-electron chi connectivity index (χ4n) is 4.17. The number of hydrogen-bond acceptors (Lipinski definition) is 4. The highest BCUT2D eigenvalue weighted by molar-refractivity contribution is 7.10. The van der Waals surface area contributed by atoms with Crippen molar-refractivity contribution in [2.45, 2.75) is 50.7 Å². The second kappa shape index (κ2) is 10.7. The van der Waals surface area contributed by atoms with Crippen molar-refractivity contribution in [2.75, 3.05) is 0 Å². The third-order valence-corrected chi connectivity index (χ3v) is 6.98. The zero-order chi connectivity index (χ0) is 22.3. The fraction of sp³-hybridized carbons (Fsp3) is 0.320. The summed E-state index contributed by atoms with van der Waals surface area (Å²) in [4.78, 5) is 34.0. The molecular weight excluding hydrogens is 442 g/mol. The number of hydrogen-bond donors (Lipinski definition) is 1. The lowest BCUT2D eigenvalue weighted by molar-refractivity contribution is -0.141. The summed E-state index contributed by atoms with van der Waals surface area (Å²) in [6.07, 6.45) is 7.80. The molecular formula is C25H26ClN3O2S. The largest absolute Gasteiger partial charge is 0.351 e. The number of halogens is 1. The number of nitrogens with one attached hydrogen (secondary N) is 1. The Kier molecular flexibility index (Phi) is 7.55. The third-order valence-electron chi connectivity index (χ3n) is 5.76. The number of rotatable bonds is 8. The maximum absolute atomic E-state index is 13.6. The van der Waals surface area contributed by atoms with Crippen LogP contribution < -0.4 is 5.32 Å². The average molecular weight is 468 g/mol. The van der Waals surface area contributed by atoms with E-state index >= 15 is 0 Å². The first-order valence-electron chi connectivity index (χ1n) is 10.9. The fourth-order valence-corrected chi connectivity index (χ4v) is 5.11. The lowest BCUT2D eigenvalue weighted by atomic mass is 10.0. The molecule has 0 unspecified atom stereocenters. The molecule has 1 aromatic carbocycles. The van der Waals surface area contributed by atoms with Crippen LogP contribution in [-0.4, -0.2) is 27.7 Å². The molecule has 1 N–H and O–H groups in total. The minimum absolute atomic E-state index is 0.122. The van der Waals surface area contributed by atoms with Gasteiger partial charge in [-0.3, -0.25) is 14.6 Å². The van der Waals surface area contributed by atoms with Gasteiger partial charge >= 0.3 is 0 Å². The summed E-state index contributed by atoms with van der Waals surface area (Å²) in [6.45, 7) is 0.270. The number of nitrogens with zero attached hydrogens (tertiary/aromatic N) is 2. The number of carbonyl (C=O) groups excluding carboxylic acids is 2. The van der Waals surface area contributed by atoms with Crippen LogP contribution in [0.3, 0.4) is 0 Å². The first-order chi connectivity index (χ1) is 15.6. The highest BCUT2D eigenvalue weighted by Crippen LogP contribution is 2.31. The van der Waals surface area contributed by atoms with Gasteiger partial charge in [0.1, 0.15) is 6.04 Å². The maximum Gasteiger partial charge on any atom is 0.247 e. The standard InChI is InChI=1S/C25H26ClN3O2S/c26-22-12-4-3-11-21(22)24(25(31)28-19-8-1-2-9-19)29(17-18-7-5-13-27-16-18)23(30)15-20-10-6-14-32-20/h3-7,10-14,16,19,24H,1-2,8-9,15,17H2,(H,28,31)/t24-/m0/s1. The summed E-state index contributed by atoms with van der Waals surface area (Å²) in [5.41, 5.74) is 1.49. The number of aromatic nitrogens is 1. The predicted octanol–water partition coefficient (Wildman–Crippen LogP) is 5.17. The molecule has 1 atom stereocenters. The monoisotopic (exact) mass is 467 g/mol. The third kappa shape index (κ3) is 5.56. The molecule has 3 aromatic rings. The van der Waals surface area contributed by atoms with E-state index in [1.54, 1.807) is 23.4 Å². The van der Waals surface area contributed by atoms with Crippen molar-refractivity contribution in [3.8, 4) is 0 Å². The molecule has 0 aliphatic heterocycles. The number of thiophene rings is 1. The minimum atomic E-state index is -0.822.